The molecule has 1 saturated carbocycles. The summed E-state index contributed by atoms with van der Waals surface area (Å²) >= 11 is 0. The third-order valence-corrected chi connectivity index (χ3v) is 3.86. The lowest BCUT2D eigenvalue weighted by Gasteiger charge is -2.31. The highest BCUT2D eigenvalue weighted by molar-refractivity contribution is 4.78. The van der Waals surface area contributed by atoms with Crippen molar-refractivity contribution >= 4 is 0 Å². The summed E-state index contributed by atoms with van der Waals surface area (Å²) in [4.78, 5) is 0. The molecular formula is C14H26N2. The number of nitriles is 1. The van der Waals surface area contributed by atoms with Gasteiger partial charge in [0, 0.05) is 12.5 Å². The van der Waals surface area contributed by atoms with Gasteiger partial charge in [-0.3, -0.25) is 0 Å². The minimum atomic E-state index is 0.710. The van der Waals surface area contributed by atoms with Crippen LogP contribution in [0.3, 0.4) is 0 Å². The van der Waals surface area contributed by atoms with E-state index in [-0.39, 0.29) is 0 Å². The molecule has 2 heteroatoms. The Hall–Kier alpha value is -0.550. The fraction of sp³-hybridized carbons (Fsp3) is 0.929. The van der Waals surface area contributed by atoms with Crippen molar-refractivity contribution in [3.8, 4) is 6.07 Å². The van der Waals surface area contributed by atoms with Crippen molar-refractivity contribution in [2.24, 2.45) is 11.8 Å². The van der Waals surface area contributed by atoms with Crippen LogP contribution in [0.15, 0.2) is 0 Å². The molecule has 0 amide bonds. The van der Waals surface area contributed by atoms with E-state index in [9.17, 15) is 0 Å². The summed E-state index contributed by atoms with van der Waals surface area (Å²) in [5.41, 5.74) is 0. The molecule has 1 N–H and O–H groups in total. The molecule has 0 atom stereocenters. The molecule has 0 aromatic carbocycles. The van der Waals surface area contributed by atoms with E-state index in [1.807, 2.05) is 0 Å². The molecule has 0 heterocycles. The summed E-state index contributed by atoms with van der Waals surface area (Å²) in [5, 5.41) is 12.1. The van der Waals surface area contributed by atoms with Gasteiger partial charge in [0.05, 0.1) is 6.07 Å². The van der Waals surface area contributed by atoms with E-state index in [1.165, 1.54) is 25.7 Å². The zero-order valence-electron chi connectivity index (χ0n) is 10.8. The number of nitrogens with zero attached hydrogens (tertiary/aromatic N) is 1. The Morgan fingerprint density at radius 2 is 1.88 bits per heavy atom. The first kappa shape index (κ1) is 13.5. The number of hydrogen-bond acceptors (Lipinski definition) is 2. The molecule has 2 nitrogen and oxygen atoms in total. The molecule has 1 rings (SSSR count). The van der Waals surface area contributed by atoms with Gasteiger partial charge in [-0.25, -0.2) is 0 Å². The van der Waals surface area contributed by atoms with E-state index in [0.717, 1.165) is 37.3 Å². The highest BCUT2D eigenvalue weighted by atomic mass is 14.9. The Morgan fingerprint density at radius 1 is 1.19 bits per heavy atom. The number of nitrogens with one attached hydrogen (secondary N) is 1. The quantitative estimate of drug-likeness (QED) is 0.698. The Balaban J connectivity index is 2.02. The van der Waals surface area contributed by atoms with E-state index in [4.69, 9.17) is 5.26 Å². The average Bonchev–Trinajstić information content (AvgIpc) is 2.29. The molecular weight excluding hydrogens is 196 g/mol. The van der Waals surface area contributed by atoms with Gasteiger partial charge in [-0.2, -0.15) is 5.26 Å². The van der Waals surface area contributed by atoms with Crippen LogP contribution in [0.25, 0.3) is 0 Å². The normalized spacial score (nSPS) is 25.6. The first-order valence-corrected chi connectivity index (χ1v) is 6.84. The molecule has 0 saturated heterocycles. The van der Waals surface area contributed by atoms with Gasteiger partial charge in [0.15, 0.2) is 0 Å². The first-order chi connectivity index (χ1) is 7.74. The standard InChI is InChI=1S/C14H26N2/c1-12(2)13-6-8-14(9-7-13)16-11-5-3-4-10-15/h12-14,16H,3-9,11H2,1-2H3. The zero-order valence-corrected chi connectivity index (χ0v) is 10.8. The summed E-state index contributed by atoms with van der Waals surface area (Å²) in [6, 6.07) is 2.94. The van der Waals surface area contributed by atoms with Gasteiger partial charge in [-0.05, 0) is 56.9 Å². The predicted molar refractivity (Wildman–Crippen MR) is 68.1 cm³/mol. The lowest BCUT2D eigenvalue weighted by Crippen LogP contribution is -2.34. The molecule has 1 fully saturated rings. The second-order valence-corrected chi connectivity index (χ2v) is 5.43. The third-order valence-electron chi connectivity index (χ3n) is 3.86. The van der Waals surface area contributed by atoms with Crippen molar-refractivity contribution in [1.29, 1.82) is 5.26 Å². The van der Waals surface area contributed by atoms with Crippen LogP contribution in [-0.4, -0.2) is 12.6 Å². The lowest BCUT2D eigenvalue weighted by atomic mass is 9.80. The number of rotatable bonds is 6. The van der Waals surface area contributed by atoms with Gasteiger partial charge in [0.25, 0.3) is 0 Å². The van der Waals surface area contributed by atoms with E-state index >= 15 is 0 Å². The van der Waals surface area contributed by atoms with Gasteiger partial charge < -0.3 is 5.32 Å². The molecule has 0 unspecified atom stereocenters. The van der Waals surface area contributed by atoms with Crippen molar-refractivity contribution < 1.29 is 0 Å². The molecule has 0 aromatic rings. The number of hydrogen-bond donors (Lipinski definition) is 1. The third kappa shape index (κ3) is 4.99. The maximum Gasteiger partial charge on any atom is 0.0621 e. The summed E-state index contributed by atoms with van der Waals surface area (Å²) < 4.78 is 0. The molecule has 0 spiro atoms. The largest absolute Gasteiger partial charge is 0.314 e. The zero-order chi connectivity index (χ0) is 11.8. The summed E-state index contributed by atoms with van der Waals surface area (Å²) in [5.74, 6) is 1.81. The van der Waals surface area contributed by atoms with Crippen molar-refractivity contribution in [1.82, 2.24) is 5.32 Å². The Bertz CT molecular complexity index is 209. The fourth-order valence-electron chi connectivity index (χ4n) is 2.63. The monoisotopic (exact) mass is 222 g/mol. The fourth-order valence-corrected chi connectivity index (χ4v) is 2.63. The molecule has 0 aromatic heterocycles. The van der Waals surface area contributed by atoms with E-state index in [1.54, 1.807) is 0 Å². The van der Waals surface area contributed by atoms with Crippen molar-refractivity contribution in [3.05, 3.63) is 0 Å². The smallest absolute Gasteiger partial charge is 0.0621 e. The van der Waals surface area contributed by atoms with Gasteiger partial charge >= 0.3 is 0 Å². The van der Waals surface area contributed by atoms with Crippen LogP contribution in [0.5, 0.6) is 0 Å². The van der Waals surface area contributed by atoms with Crippen LogP contribution < -0.4 is 5.32 Å². The van der Waals surface area contributed by atoms with Gasteiger partial charge in [-0.1, -0.05) is 13.8 Å². The lowest BCUT2D eigenvalue weighted by molar-refractivity contribution is 0.238. The average molecular weight is 222 g/mol. The minimum Gasteiger partial charge on any atom is -0.314 e. The van der Waals surface area contributed by atoms with Crippen LogP contribution in [0, 0.1) is 23.2 Å². The summed E-state index contributed by atoms with van der Waals surface area (Å²) in [7, 11) is 0. The highest BCUT2D eigenvalue weighted by Gasteiger charge is 2.22. The second kappa shape index (κ2) is 7.68. The number of unbranched alkanes of at least 4 members (excludes halogenated alkanes) is 2. The molecule has 92 valence electrons. The summed E-state index contributed by atoms with van der Waals surface area (Å²) in [6.07, 6.45) is 8.40. The van der Waals surface area contributed by atoms with Gasteiger partial charge in [-0.15, -0.1) is 0 Å². The molecule has 16 heavy (non-hydrogen) atoms. The van der Waals surface area contributed by atoms with Crippen LogP contribution in [0.2, 0.25) is 0 Å². The molecule has 0 bridgehead atoms. The van der Waals surface area contributed by atoms with E-state index in [0.29, 0.717) is 6.42 Å². The highest BCUT2D eigenvalue weighted by Crippen LogP contribution is 2.29. The maximum atomic E-state index is 8.43. The maximum absolute atomic E-state index is 8.43. The predicted octanol–water partition coefficient (Wildman–Crippen LogP) is 3.48. The van der Waals surface area contributed by atoms with Crippen LogP contribution in [0.1, 0.15) is 58.8 Å². The molecule has 1 aliphatic carbocycles. The minimum absolute atomic E-state index is 0.710. The van der Waals surface area contributed by atoms with Crippen LogP contribution >= 0.6 is 0 Å². The Morgan fingerprint density at radius 3 is 2.44 bits per heavy atom. The summed E-state index contributed by atoms with van der Waals surface area (Å²) in [6.45, 7) is 5.79. The molecule has 1 aliphatic rings. The topological polar surface area (TPSA) is 35.8 Å². The van der Waals surface area contributed by atoms with Crippen molar-refractivity contribution in [2.45, 2.75) is 64.8 Å². The van der Waals surface area contributed by atoms with Crippen LogP contribution in [-0.2, 0) is 0 Å². The Labute approximate surface area is 100 Å². The van der Waals surface area contributed by atoms with E-state index in [2.05, 4.69) is 25.2 Å². The van der Waals surface area contributed by atoms with Crippen molar-refractivity contribution in [3.63, 3.8) is 0 Å². The van der Waals surface area contributed by atoms with Gasteiger partial charge in [0.2, 0.25) is 0 Å². The van der Waals surface area contributed by atoms with E-state index < -0.39 is 0 Å². The Kier molecular flexibility index (Phi) is 6.49. The van der Waals surface area contributed by atoms with Crippen LogP contribution in [0.4, 0.5) is 0 Å². The van der Waals surface area contributed by atoms with Crippen molar-refractivity contribution in [2.75, 3.05) is 6.54 Å². The molecule has 0 radical (unpaired) electrons. The SMILES string of the molecule is CC(C)C1CCC(NCCCCC#N)CC1. The molecule has 0 aliphatic heterocycles. The van der Waals surface area contributed by atoms with Gasteiger partial charge in [0.1, 0.15) is 0 Å². The first-order valence-electron chi connectivity index (χ1n) is 6.84. The second-order valence-electron chi connectivity index (χ2n) is 5.43.